The minimum Gasteiger partial charge on any atom is -0.466 e. The molecule has 0 bridgehead atoms. The Morgan fingerprint density at radius 1 is 0.968 bits per heavy atom. The Balaban J connectivity index is 1.65. The number of rotatable bonds is 10. The lowest BCUT2D eigenvalue weighted by atomic mass is 10.2. The van der Waals surface area contributed by atoms with Crippen LogP contribution in [-0.2, 0) is 14.3 Å². The number of esters is 1. The van der Waals surface area contributed by atoms with Crippen LogP contribution in [0.25, 0.3) is 0 Å². The normalized spacial score (nSPS) is 17.1. The van der Waals surface area contributed by atoms with E-state index in [9.17, 15) is 19.2 Å². The van der Waals surface area contributed by atoms with Gasteiger partial charge in [-0.2, -0.15) is 0 Å². The molecule has 172 valence electrons. The van der Waals surface area contributed by atoms with Crippen LogP contribution in [0.1, 0.15) is 83.2 Å². The molecule has 0 atom stereocenters. The molecule has 0 aromatic carbocycles. The van der Waals surface area contributed by atoms with Crippen LogP contribution in [0.5, 0.6) is 0 Å². The van der Waals surface area contributed by atoms with Gasteiger partial charge in [-0.05, 0) is 32.6 Å². The van der Waals surface area contributed by atoms with Crippen molar-refractivity contribution in [3.63, 3.8) is 0 Å². The summed E-state index contributed by atoms with van der Waals surface area (Å²) < 4.78 is 8.01. The van der Waals surface area contributed by atoms with Gasteiger partial charge < -0.3 is 15.4 Å². The monoisotopic (exact) mass is 434 g/mol. The topological polar surface area (TPSA) is 111 Å². The maximum atomic E-state index is 13.3. The predicted molar refractivity (Wildman–Crippen MR) is 117 cm³/mol. The van der Waals surface area contributed by atoms with Gasteiger partial charge in [-0.3, -0.25) is 23.5 Å². The zero-order valence-corrected chi connectivity index (χ0v) is 18.4. The second kappa shape index (κ2) is 11.2. The summed E-state index contributed by atoms with van der Waals surface area (Å²) in [6.07, 6.45) is 8.14. The minimum absolute atomic E-state index is 0.00752. The van der Waals surface area contributed by atoms with E-state index in [0.717, 1.165) is 51.4 Å². The molecule has 2 aliphatic rings. The number of aromatic nitrogens is 2. The van der Waals surface area contributed by atoms with Crippen LogP contribution in [0, 0.1) is 0 Å². The van der Waals surface area contributed by atoms with Crippen molar-refractivity contribution in [2.75, 3.05) is 25.0 Å². The van der Waals surface area contributed by atoms with Crippen molar-refractivity contribution in [2.24, 2.45) is 0 Å². The maximum absolute atomic E-state index is 13.3. The number of ether oxygens (including phenoxy) is 1. The van der Waals surface area contributed by atoms with Crippen LogP contribution in [0.2, 0.25) is 0 Å². The number of nitrogens with one attached hydrogen (secondary N) is 2. The van der Waals surface area contributed by atoms with Gasteiger partial charge in [0, 0.05) is 37.7 Å². The first-order valence-electron chi connectivity index (χ1n) is 11.6. The van der Waals surface area contributed by atoms with Gasteiger partial charge in [0.1, 0.15) is 5.82 Å². The van der Waals surface area contributed by atoms with Crippen molar-refractivity contribution < 1.29 is 14.3 Å². The van der Waals surface area contributed by atoms with E-state index in [1.54, 1.807) is 11.5 Å². The number of amides is 1. The molecule has 1 heterocycles. The van der Waals surface area contributed by atoms with Crippen LogP contribution in [0.3, 0.4) is 0 Å². The van der Waals surface area contributed by atoms with E-state index in [4.69, 9.17) is 4.74 Å². The van der Waals surface area contributed by atoms with E-state index in [1.165, 1.54) is 10.6 Å². The molecule has 1 aromatic rings. The predicted octanol–water partition coefficient (Wildman–Crippen LogP) is 2.11. The van der Waals surface area contributed by atoms with Crippen molar-refractivity contribution in [3.8, 4) is 0 Å². The molecule has 0 radical (unpaired) electrons. The zero-order valence-electron chi connectivity index (χ0n) is 18.4. The molecule has 2 aliphatic carbocycles. The fourth-order valence-corrected chi connectivity index (χ4v) is 4.65. The van der Waals surface area contributed by atoms with Crippen LogP contribution in [-0.4, -0.2) is 40.7 Å². The van der Waals surface area contributed by atoms with Gasteiger partial charge in [-0.1, -0.05) is 25.7 Å². The molecule has 9 heteroatoms. The van der Waals surface area contributed by atoms with Gasteiger partial charge in [0.25, 0.3) is 5.56 Å². The molecule has 31 heavy (non-hydrogen) atoms. The third-order valence-electron chi connectivity index (χ3n) is 6.16. The maximum Gasteiger partial charge on any atom is 0.333 e. The molecule has 1 amide bonds. The first-order chi connectivity index (χ1) is 15.0. The molecule has 9 nitrogen and oxygen atoms in total. The first-order valence-corrected chi connectivity index (χ1v) is 11.6. The smallest absolute Gasteiger partial charge is 0.333 e. The van der Waals surface area contributed by atoms with Crippen molar-refractivity contribution in [2.45, 2.75) is 83.2 Å². The third kappa shape index (κ3) is 5.98. The largest absolute Gasteiger partial charge is 0.466 e. The van der Waals surface area contributed by atoms with E-state index in [0.29, 0.717) is 19.0 Å². The average Bonchev–Trinajstić information content (AvgIpc) is 3.42. The molecule has 2 saturated carbocycles. The molecule has 0 saturated heterocycles. The summed E-state index contributed by atoms with van der Waals surface area (Å²) in [4.78, 5) is 49.4. The second-order valence-electron chi connectivity index (χ2n) is 8.35. The van der Waals surface area contributed by atoms with Crippen molar-refractivity contribution in [3.05, 3.63) is 26.9 Å². The summed E-state index contributed by atoms with van der Waals surface area (Å²) in [6.45, 7) is 2.57. The number of carbonyl (C=O) groups excluding carboxylic acids is 2. The van der Waals surface area contributed by atoms with Crippen molar-refractivity contribution in [1.82, 2.24) is 14.5 Å². The molecular weight excluding hydrogens is 400 g/mol. The zero-order chi connectivity index (χ0) is 22.2. The molecule has 0 spiro atoms. The van der Waals surface area contributed by atoms with Gasteiger partial charge in [0.2, 0.25) is 5.91 Å². The number of hydrogen-bond acceptors (Lipinski definition) is 6. The average molecular weight is 435 g/mol. The Morgan fingerprint density at radius 3 is 2.19 bits per heavy atom. The lowest BCUT2D eigenvalue weighted by Gasteiger charge is -2.23. The molecule has 0 unspecified atom stereocenters. The highest BCUT2D eigenvalue weighted by molar-refractivity contribution is 5.77. The number of anilines is 1. The number of carbonyl (C=O) groups is 2. The Labute approximate surface area is 182 Å². The summed E-state index contributed by atoms with van der Waals surface area (Å²) in [5.74, 6) is -0.0503. The highest BCUT2D eigenvalue weighted by Gasteiger charge is 2.26. The van der Waals surface area contributed by atoms with E-state index in [-0.39, 0.29) is 54.6 Å². The van der Waals surface area contributed by atoms with Gasteiger partial charge in [-0.25, -0.2) is 4.79 Å². The lowest BCUT2D eigenvalue weighted by molar-refractivity contribution is -0.143. The standard InChI is InChI=1S/C22H34N4O5/c1-2-31-21(29)12-14-24-19(27)11-13-23-18-15-20(28)26(17-9-5-6-10-17)22(30)25(18)16-7-3-4-8-16/h15-17,23H,2-14H2,1H3,(H,24,27). The van der Waals surface area contributed by atoms with Crippen LogP contribution >= 0.6 is 0 Å². The third-order valence-corrected chi connectivity index (χ3v) is 6.16. The quantitative estimate of drug-likeness (QED) is 0.546. The van der Waals surface area contributed by atoms with Crippen LogP contribution in [0.15, 0.2) is 15.7 Å². The molecule has 1 aromatic heterocycles. The SMILES string of the molecule is CCOC(=O)CCNC(=O)CCNc1cc(=O)n(C2CCCC2)c(=O)n1C1CCCC1. The Kier molecular flexibility index (Phi) is 8.31. The molecule has 2 fully saturated rings. The number of nitrogens with zero attached hydrogens (tertiary/aromatic N) is 2. The van der Waals surface area contributed by atoms with E-state index >= 15 is 0 Å². The summed E-state index contributed by atoms with van der Waals surface area (Å²) in [6, 6.07) is 1.59. The molecule has 0 aliphatic heterocycles. The van der Waals surface area contributed by atoms with Crippen LogP contribution in [0.4, 0.5) is 5.82 Å². The van der Waals surface area contributed by atoms with Crippen LogP contribution < -0.4 is 21.9 Å². The second-order valence-corrected chi connectivity index (χ2v) is 8.35. The van der Waals surface area contributed by atoms with Gasteiger partial charge in [0.15, 0.2) is 0 Å². The Bertz CT molecular complexity index is 879. The molecular formula is C22H34N4O5. The number of hydrogen-bond donors (Lipinski definition) is 2. The first kappa shape index (κ1) is 23.1. The Morgan fingerprint density at radius 2 is 1.58 bits per heavy atom. The van der Waals surface area contributed by atoms with E-state index in [1.807, 2.05) is 0 Å². The Hall–Kier alpha value is -2.58. The minimum atomic E-state index is -0.343. The van der Waals surface area contributed by atoms with Crippen molar-refractivity contribution in [1.29, 1.82) is 0 Å². The van der Waals surface area contributed by atoms with Crippen molar-refractivity contribution >= 4 is 17.7 Å². The van der Waals surface area contributed by atoms with Gasteiger partial charge >= 0.3 is 11.7 Å². The fourth-order valence-electron chi connectivity index (χ4n) is 4.65. The van der Waals surface area contributed by atoms with Gasteiger partial charge in [0.05, 0.1) is 13.0 Å². The molecule has 3 rings (SSSR count). The summed E-state index contributed by atoms with van der Waals surface area (Å²) in [5.41, 5.74) is -0.500. The summed E-state index contributed by atoms with van der Waals surface area (Å²) >= 11 is 0. The highest BCUT2D eigenvalue weighted by Crippen LogP contribution is 2.31. The van der Waals surface area contributed by atoms with Gasteiger partial charge in [-0.15, -0.1) is 0 Å². The fraction of sp³-hybridized carbons (Fsp3) is 0.727. The molecule has 2 N–H and O–H groups in total. The lowest BCUT2D eigenvalue weighted by Crippen LogP contribution is -2.43. The summed E-state index contributed by atoms with van der Waals surface area (Å²) in [5, 5.41) is 5.82. The van der Waals surface area contributed by atoms with E-state index < -0.39 is 0 Å². The highest BCUT2D eigenvalue weighted by atomic mass is 16.5. The summed E-state index contributed by atoms with van der Waals surface area (Å²) in [7, 11) is 0. The van der Waals surface area contributed by atoms with E-state index in [2.05, 4.69) is 10.6 Å².